The molecule has 33 heavy (non-hydrogen) atoms. The standard InChI is InChI=1S/C25H35N3O4S/c1-20-5-4-6-23(19-20)28-15-13-27(14-16-28)12-11-21(2)26-25(29)22-7-9-24(10-8-22)33(30,31)18-17-32-3/h4-10,19,21H,11-18H2,1-3H3,(H,26,29). The molecule has 1 N–H and O–H groups in total. The molecule has 1 aliphatic rings. The van der Waals surface area contributed by atoms with Gasteiger partial charge in [0, 0.05) is 57.1 Å². The molecule has 3 rings (SSSR count). The lowest BCUT2D eigenvalue weighted by Crippen LogP contribution is -2.47. The van der Waals surface area contributed by atoms with Crippen LogP contribution in [0.3, 0.4) is 0 Å². The molecule has 1 fully saturated rings. The van der Waals surface area contributed by atoms with E-state index >= 15 is 0 Å². The van der Waals surface area contributed by atoms with Crippen molar-refractivity contribution in [2.75, 3.05) is 57.1 Å². The van der Waals surface area contributed by atoms with Crippen LogP contribution in [0.15, 0.2) is 53.4 Å². The molecular formula is C25H35N3O4S. The maximum absolute atomic E-state index is 12.6. The molecule has 1 aliphatic heterocycles. The van der Waals surface area contributed by atoms with Gasteiger partial charge < -0.3 is 15.0 Å². The van der Waals surface area contributed by atoms with Crippen LogP contribution >= 0.6 is 0 Å². The van der Waals surface area contributed by atoms with Crippen LogP contribution in [0.1, 0.15) is 29.3 Å². The molecule has 0 aromatic heterocycles. The van der Waals surface area contributed by atoms with Crippen molar-refractivity contribution in [3.05, 3.63) is 59.7 Å². The van der Waals surface area contributed by atoms with Crippen LogP contribution in [0.5, 0.6) is 0 Å². The minimum absolute atomic E-state index is 0.0254. The molecule has 8 heteroatoms. The van der Waals surface area contributed by atoms with Gasteiger partial charge in [-0.15, -0.1) is 0 Å². The number of hydrogen-bond acceptors (Lipinski definition) is 6. The first-order valence-electron chi connectivity index (χ1n) is 11.4. The van der Waals surface area contributed by atoms with E-state index in [0.717, 1.165) is 39.1 Å². The summed E-state index contributed by atoms with van der Waals surface area (Å²) < 4.78 is 29.3. The highest BCUT2D eigenvalue weighted by atomic mass is 32.2. The minimum atomic E-state index is -3.40. The number of ether oxygens (including phenoxy) is 1. The third-order valence-electron chi connectivity index (χ3n) is 6.03. The third-order valence-corrected chi connectivity index (χ3v) is 7.72. The van der Waals surface area contributed by atoms with Gasteiger partial charge in [0.2, 0.25) is 0 Å². The fraction of sp³-hybridized carbons (Fsp3) is 0.480. The van der Waals surface area contributed by atoms with Crippen molar-refractivity contribution in [1.29, 1.82) is 0 Å². The van der Waals surface area contributed by atoms with Crippen molar-refractivity contribution in [1.82, 2.24) is 10.2 Å². The second-order valence-electron chi connectivity index (χ2n) is 8.67. The number of methoxy groups -OCH3 is 1. The van der Waals surface area contributed by atoms with Crippen LogP contribution in [-0.4, -0.2) is 77.5 Å². The van der Waals surface area contributed by atoms with Gasteiger partial charge in [-0.25, -0.2) is 8.42 Å². The Labute approximate surface area is 197 Å². The zero-order valence-corrected chi connectivity index (χ0v) is 20.6. The number of nitrogens with one attached hydrogen (secondary N) is 1. The summed E-state index contributed by atoms with van der Waals surface area (Å²) in [6, 6.07) is 14.7. The number of anilines is 1. The van der Waals surface area contributed by atoms with Crippen molar-refractivity contribution in [2.24, 2.45) is 0 Å². The highest BCUT2D eigenvalue weighted by Crippen LogP contribution is 2.18. The maximum atomic E-state index is 12.6. The number of carbonyl (C=O) groups excluding carboxylic acids is 1. The maximum Gasteiger partial charge on any atom is 0.251 e. The van der Waals surface area contributed by atoms with Crippen LogP contribution in [0.25, 0.3) is 0 Å². The zero-order valence-electron chi connectivity index (χ0n) is 19.8. The topological polar surface area (TPSA) is 78.9 Å². The van der Waals surface area contributed by atoms with Gasteiger partial charge in [0.25, 0.3) is 5.91 Å². The Balaban J connectivity index is 1.42. The van der Waals surface area contributed by atoms with E-state index < -0.39 is 9.84 Å². The number of sulfone groups is 1. The van der Waals surface area contributed by atoms with Crippen LogP contribution < -0.4 is 10.2 Å². The lowest BCUT2D eigenvalue weighted by molar-refractivity contribution is 0.0935. The summed E-state index contributed by atoms with van der Waals surface area (Å²) in [5, 5.41) is 3.02. The molecule has 0 spiro atoms. The van der Waals surface area contributed by atoms with Crippen molar-refractivity contribution in [3.8, 4) is 0 Å². The van der Waals surface area contributed by atoms with Gasteiger partial charge >= 0.3 is 0 Å². The average Bonchev–Trinajstić information content (AvgIpc) is 2.82. The summed E-state index contributed by atoms with van der Waals surface area (Å²) in [6.45, 7) is 9.22. The Morgan fingerprint density at radius 3 is 2.42 bits per heavy atom. The highest BCUT2D eigenvalue weighted by Gasteiger charge is 2.19. The summed E-state index contributed by atoms with van der Waals surface area (Å²) in [7, 11) is -1.93. The molecule has 0 radical (unpaired) electrons. The van der Waals surface area contributed by atoms with Crippen molar-refractivity contribution < 1.29 is 17.9 Å². The smallest absolute Gasteiger partial charge is 0.251 e. The Bertz CT molecular complexity index is 1020. The number of piperazine rings is 1. The first-order valence-corrected chi connectivity index (χ1v) is 13.1. The molecule has 1 heterocycles. The predicted molar refractivity (Wildman–Crippen MR) is 132 cm³/mol. The SMILES string of the molecule is COCCS(=O)(=O)c1ccc(C(=O)NC(C)CCN2CCN(c3cccc(C)c3)CC2)cc1. The molecule has 7 nitrogen and oxygen atoms in total. The fourth-order valence-electron chi connectivity index (χ4n) is 3.93. The Morgan fingerprint density at radius 1 is 1.09 bits per heavy atom. The quantitative estimate of drug-likeness (QED) is 0.572. The minimum Gasteiger partial charge on any atom is -0.384 e. The summed E-state index contributed by atoms with van der Waals surface area (Å²) >= 11 is 0. The van der Waals surface area contributed by atoms with E-state index in [1.807, 2.05) is 6.92 Å². The van der Waals surface area contributed by atoms with Gasteiger partial charge in [-0.1, -0.05) is 12.1 Å². The monoisotopic (exact) mass is 473 g/mol. The van der Waals surface area contributed by atoms with E-state index in [0.29, 0.717) is 5.56 Å². The summed E-state index contributed by atoms with van der Waals surface area (Å²) in [6.07, 6.45) is 0.861. The Hall–Kier alpha value is -2.42. The number of amides is 1. The summed E-state index contributed by atoms with van der Waals surface area (Å²) in [4.78, 5) is 17.6. The molecule has 180 valence electrons. The van der Waals surface area contributed by atoms with Gasteiger partial charge in [0.1, 0.15) is 0 Å². The van der Waals surface area contributed by atoms with Crippen LogP contribution in [0.2, 0.25) is 0 Å². The Kier molecular flexibility index (Phi) is 8.88. The van der Waals surface area contributed by atoms with E-state index in [9.17, 15) is 13.2 Å². The Morgan fingerprint density at radius 2 is 1.79 bits per heavy atom. The van der Waals surface area contributed by atoms with E-state index in [2.05, 4.69) is 46.3 Å². The van der Waals surface area contributed by atoms with Crippen molar-refractivity contribution >= 4 is 21.4 Å². The largest absolute Gasteiger partial charge is 0.384 e. The lowest BCUT2D eigenvalue weighted by atomic mass is 10.1. The number of carbonyl (C=O) groups is 1. The second-order valence-corrected chi connectivity index (χ2v) is 10.8. The van der Waals surface area contributed by atoms with Crippen LogP contribution in [0, 0.1) is 6.92 Å². The predicted octanol–water partition coefficient (Wildman–Crippen LogP) is 2.75. The molecule has 1 unspecified atom stereocenters. The molecule has 1 saturated heterocycles. The molecule has 0 saturated carbocycles. The van der Waals surface area contributed by atoms with Gasteiger partial charge in [-0.3, -0.25) is 9.69 Å². The van der Waals surface area contributed by atoms with Gasteiger partial charge in [-0.2, -0.15) is 0 Å². The third kappa shape index (κ3) is 7.28. The lowest BCUT2D eigenvalue weighted by Gasteiger charge is -2.36. The molecule has 1 atom stereocenters. The van der Waals surface area contributed by atoms with Crippen LogP contribution in [-0.2, 0) is 14.6 Å². The van der Waals surface area contributed by atoms with E-state index in [1.54, 1.807) is 12.1 Å². The molecule has 1 amide bonds. The van der Waals surface area contributed by atoms with Gasteiger partial charge in [-0.05, 0) is 62.2 Å². The van der Waals surface area contributed by atoms with E-state index in [-0.39, 0.29) is 29.2 Å². The number of rotatable bonds is 10. The first-order chi connectivity index (χ1) is 15.8. The van der Waals surface area contributed by atoms with Crippen LogP contribution in [0.4, 0.5) is 5.69 Å². The number of nitrogens with zero attached hydrogens (tertiary/aromatic N) is 2. The zero-order chi connectivity index (χ0) is 23.8. The number of benzene rings is 2. The molecule has 2 aromatic rings. The van der Waals surface area contributed by atoms with Gasteiger partial charge in [0.15, 0.2) is 9.84 Å². The normalized spacial score (nSPS) is 15.9. The average molecular weight is 474 g/mol. The molecule has 0 bridgehead atoms. The fourth-order valence-corrected chi connectivity index (χ4v) is 5.11. The number of aryl methyl sites for hydroxylation is 1. The summed E-state index contributed by atoms with van der Waals surface area (Å²) in [5.74, 6) is -0.265. The highest BCUT2D eigenvalue weighted by molar-refractivity contribution is 7.91. The number of hydrogen-bond donors (Lipinski definition) is 1. The molecule has 0 aliphatic carbocycles. The van der Waals surface area contributed by atoms with Crippen molar-refractivity contribution in [2.45, 2.75) is 31.2 Å². The summed E-state index contributed by atoms with van der Waals surface area (Å²) in [5.41, 5.74) is 3.02. The molecular weight excluding hydrogens is 438 g/mol. The van der Waals surface area contributed by atoms with E-state index in [1.165, 1.54) is 30.5 Å². The second kappa shape index (κ2) is 11.6. The van der Waals surface area contributed by atoms with Crippen molar-refractivity contribution in [3.63, 3.8) is 0 Å². The molecule has 2 aromatic carbocycles. The first kappa shape index (κ1) is 25.2. The van der Waals surface area contributed by atoms with E-state index in [4.69, 9.17) is 4.74 Å². The van der Waals surface area contributed by atoms with Gasteiger partial charge in [0.05, 0.1) is 17.3 Å².